The minimum absolute atomic E-state index is 0.0196. The number of nitro benzene ring substituents is 2. The molecule has 8 nitrogen and oxygen atoms in total. The minimum atomic E-state index is -0.572. The molecule has 0 saturated carbocycles. The summed E-state index contributed by atoms with van der Waals surface area (Å²) in [5.41, 5.74) is 1.13. The van der Waals surface area contributed by atoms with Gasteiger partial charge in [0.2, 0.25) is 0 Å². The Morgan fingerprint density at radius 3 is 2.17 bits per heavy atom. The maximum absolute atomic E-state index is 10.8. The number of nitro groups is 2. The Kier molecular flexibility index (Phi) is 3.97. The van der Waals surface area contributed by atoms with Gasteiger partial charge in [-0.1, -0.05) is 0 Å². The maximum Gasteiger partial charge on any atom is 0.270 e. The van der Waals surface area contributed by atoms with Gasteiger partial charge in [-0.2, -0.15) is 0 Å². The number of benzene rings is 2. The molecule has 3 rings (SSSR count). The summed E-state index contributed by atoms with van der Waals surface area (Å²) in [6.07, 6.45) is -0.572. The highest BCUT2D eigenvalue weighted by Crippen LogP contribution is 2.32. The second kappa shape index (κ2) is 6.09. The molecule has 0 aliphatic heterocycles. The van der Waals surface area contributed by atoms with E-state index in [9.17, 15) is 20.2 Å². The van der Waals surface area contributed by atoms with Crippen molar-refractivity contribution in [2.24, 2.45) is 0 Å². The highest BCUT2D eigenvalue weighted by atomic mass is 16.6. The van der Waals surface area contributed by atoms with E-state index >= 15 is 0 Å². The molecule has 1 aromatic heterocycles. The Labute approximate surface area is 135 Å². The first-order chi connectivity index (χ1) is 11.5. The van der Waals surface area contributed by atoms with Crippen molar-refractivity contribution in [1.82, 2.24) is 0 Å². The van der Waals surface area contributed by atoms with Crippen molar-refractivity contribution in [2.75, 3.05) is 7.11 Å². The molecule has 0 spiro atoms. The van der Waals surface area contributed by atoms with E-state index in [4.69, 9.17) is 9.15 Å². The topological polar surface area (TPSA) is 109 Å². The van der Waals surface area contributed by atoms with Crippen molar-refractivity contribution in [2.45, 2.75) is 6.10 Å². The van der Waals surface area contributed by atoms with E-state index in [0.29, 0.717) is 22.3 Å². The number of fused-ring (bicyclic) bond motifs is 1. The Balaban J connectivity index is 1.99. The fourth-order valence-electron chi connectivity index (χ4n) is 2.48. The van der Waals surface area contributed by atoms with Crippen LogP contribution in [0.3, 0.4) is 0 Å². The zero-order chi connectivity index (χ0) is 17.3. The molecule has 1 atom stereocenters. The minimum Gasteiger partial charge on any atom is -0.458 e. The first-order valence-corrected chi connectivity index (χ1v) is 6.94. The van der Waals surface area contributed by atoms with Crippen LogP contribution in [0.5, 0.6) is 0 Å². The van der Waals surface area contributed by atoms with Gasteiger partial charge < -0.3 is 9.15 Å². The van der Waals surface area contributed by atoms with Gasteiger partial charge in [-0.25, -0.2) is 0 Å². The van der Waals surface area contributed by atoms with E-state index < -0.39 is 16.0 Å². The van der Waals surface area contributed by atoms with Gasteiger partial charge in [-0.15, -0.1) is 0 Å². The maximum atomic E-state index is 10.8. The van der Waals surface area contributed by atoms with Crippen LogP contribution < -0.4 is 0 Å². The van der Waals surface area contributed by atoms with Crippen LogP contribution in [0, 0.1) is 20.2 Å². The number of furan rings is 1. The lowest BCUT2D eigenvalue weighted by Crippen LogP contribution is -2.02. The molecule has 24 heavy (non-hydrogen) atoms. The Hall–Kier alpha value is -3.26. The average Bonchev–Trinajstić information content (AvgIpc) is 2.98. The number of non-ortho nitro benzene ring substituents is 2. The number of ether oxygens (including phenoxy) is 1. The number of rotatable bonds is 5. The van der Waals surface area contributed by atoms with Crippen molar-refractivity contribution in [3.8, 4) is 0 Å². The lowest BCUT2D eigenvalue weighted by molar-refractivity contribution is -0.385. The Bertz CT molecular complexity index is 916. The number of methoxy groups -OCH3 is 1. The third kappa shape index (κ3) is 2.82. The molecule has 0 N–H and O–H groups in total. The monoisotopic (exact) mass is 328 g/mol. The number of hydrogen-bond donors (Lipinski definition) is 0. The summed E-state index contributed by atoms with van der Waals surface area (Å²) in [5.74, 6) is 0.460. The molecular weight excluding hydrogens is 316 g/mol. The second-order valence-corrected chi connectivity index (χ2v) is 5.09. The van der Waals surface area contributed by atoms with Crippen LogP contribution in [0.4, 0.5) is 11.4 Å². The summed E-state index contributed by atoms with van der Waals surface area (Å²) in [4.78, 5) is 20.6. The lowest BCUT2D eigenvalue weighted by Gasteiger charge is -2.12. The molecular formula is C16H12N2O6. The Morgan fingerprint density at radius 1 is 0.958 bits per heavy atom. The summed E-state index contributed by atoms with van der Waals surface area (Å²) in [5, 5.41) is 22.2. The van der Waals surface area contributed by atoms with Crippen molar-refractivity contribution >= 4 is 22.3 Å². The average molecular weight is 328 g/mol. The van der Waals surface area contributed by atoms with Crippen molar-refractivity contribution in [3.05, 3.63) is 80.1 Å². The first kappa shape index (κ1) is 15.6. The predicted molar refractivity (Wildman–Crippen MR) is 84.8 cm³/mol. The van der Waals surface area contributed by atoms with Gasteiger partial charge in [0.15, 0.2) is 0 Å². The van der Waals surface area contributed by atoms with Crippen LogP contribution in [0.15, 0.2) is 52.9 Å². The summed E-state index contributed by atoms with van der Waals surface area (Å²) < 4.78 is 11.1. The molecule has 8 heteroatoms. The van der Waals surface area contributed by atoms with E-state index in [2.05, 4.69) is 0 Å². The van der Waals surface area contributed by atoms with Gasteiger partial charge in [-0.05, 0) is 29.8 Å². The molecule has 1 unspecified atom stereocenters. The largest absolute Gasteiger partial charge is 0.458 e. The second-order valence-electron chi connectivity index (χ2n) is 5.09. The summed E-state index contributed by atoms with van der Waals surface area (Å²) in [7, 11) is 1.49. The van der Waals surface area contributed by atoms with Crippen LogP contribution >= 0.6 is 0 Å². The normalized spacial score (nSPS) is 12.2. The van der Waals surface area contributed by atoms with Crippen LogP contribution in [0.1, 0.15) is 17.4 Å². The van der Waals surface area contributed by atoms with E-state index in [1.807, 2.05) is 0 Å². The van der Waals surface area contributed by atoms with E-state index in [1.165, 1.54) is 37.4 Å². The molecule has 1 heterocycles. The standard InChI is InChI=1S/C16H12N2O6/c1-23-16(10-2-4-12(5-3-10)17(19)20)15-9-11-8-13(18(21)22)6-7-14(11)24-15/h2-9,16H,1H3. The summed E-state index contributed by atoms with van der Waals surface area (Å²) >= 11 is 0. The summed E-state index contributed by atoms with van der Waals surface area (Å²) in [6.45, 7) is 0. The van der Waals surface area contributed by atoms with Crippen molar-refractivity contribution in [1.29, 1.82) is 0 Å². The van der Waals surface area contributed by atoms with Crippen LogP contribution in [-0.4, -0.2) is 17.0 Å². The van der Waals surface area contributed by atoms with Crippen LogP contribution in [0.2, 0.25) is 0 Å². The zero-order valence-electron chi connectivity index (χ0n) is 12.5. The zero-order valence-corrected chi connectivity index (χ0v) is 12.5. The number of hydrogen-bond acceptors (Lipinski definition) is 6. The molecule has 0 saturated heterocycles. The molecule has 0 fully saturated rings. The molecule has 3 aromatic rings. The molecule has 0 aliphatic carbocycles. The molecule has 122 valence electrons. The highest BCUT2D eigenvalue weighted by Gasteiger charge is 2.20. The quantitative estimate of drug-likeness (QED) is 0.517. The Morgan fingerprint density at radius 2 is 1.58 bits per heavy atom. The molecule has 0 radical (unpaired) electrons. The van der Waals surface area contributed by atoms with Gasteiger partial charge >= 0.3 is 0 Å². The van der Waals surface area contributed by atoms with Gasteiger partial charge in [0.05, 0.1) is 9.85 Å². The summed E-state index contributed by atoms with van der Waals surface area (Å²) in [6, 6.07) is 11.9. The predicted octanol–water partition coefficient (Wildman–Crippen LogP) is 3.99. The van der Waals surface area contributed by atoms with E-state index in [-0.39, 0.29) is 11.4 Å². The van der Waals surface area contributed by atoms with Gasteiger partial charge in [0, 0.05) is 36.8 Å². The number of nitrogens with zero attached hydrogens (tertiary/aromatic N) is 2. The smallest absolute Gasteiger partial charge is 0.270 e. The third-order valence-electron chi connectivity index (χ3n) is 3.63. The first-order valence-electron chi connectivity index (χ1n) is 6.94. The van der Waals surface area contributed by atoms with Gasteiger partial charge in [-0.3, -0.25) is 20.2 Å². The van der Waals surface area contributed by atoms with Gasteiger partial charge in [0.1, 0.15) is 17.4 Å². The van der Waals surface area contributed by atoms with E-state index in [1.54, 1.807) is 18.2 Å². The van der Waals surface area contributed by atoms with Gasteiger partial charge in [0.25, 0.3) is 11.4 Å². The highest BCUT2D eigenvalue weighted by molar-refractivity contribution is 5.80. The lowest BCUT2D eigenvalue weighted by atomic mass is 10.1. The fraction of sp³-hybridized carbons (Fsp3) is 0.125. The van der Waals surface area contributed by atoms with Crippen molar-refractivity contribution < 1.29 is 19.0 Å². The third-order valence-corrected chi connectivity index (χ3v) is 3.63. The van der Waals surface area contributed by atoms with Crippen molar-refractivity contribution in [3.63, 3.8) is 0 Å². The molecule has 0 bridgehead atoms. The molecule has 2 aromatic carbocycles. The van der Waals surface area contributed by atoms with Crippen LogP contribution in [0.25, 0.3) is 11.0 Å². The molecule has 0 aliphatic rings. The fourth-order valence-corrected chi connectivity index (χ4v) is 2.48. The molecule has 0 amide bonds. The SMILES string of the molecule is COC(c1ccc([N+](=O)[O-])cc1)c1cc2cc([N+](=O)[O-])ccc2o1. The van der Waals surface area contributed by atoms with E-state index in [0.717, 1.165) is 0 Å². The van der Waals surface area contributed by atoms with Crippen LogP contribution in [-0.2, 0) is 4.74 Å².